The molecule has 0 radical (unpaired) electrons. The summed E-state index contributed by atoms with van der Waals surface area (Å²) in [5.41, 5.74) is -0.422. The zero-order valence-electron chi connectivity index (χ0n) is 19.1. The van der Waals surface area contributed by atoms with Crippen molar-refractivity contribution in [1.82, 2.24) is 15.4 Å². The highest BCUT2D eigenvalue weighted by molar-refractivity contribution is 5.85. The molecule has 0 fully saturated rings. The predicted octanol–water partition coefficient (Wildman–Crippen LogP) is 4.55. The number of rotatable bonds is 12. The normalized spacial score (nSPS) is 11.5. The quantitative estimate of drug-likeness (QED) is 0.359. The van der Waals surface area contributed by atoms with Crippen molar-refractivity contribution in [3.05, 3.63) is 23.4 Å². The summed E-state index contributed by atoms with van der Waals surface area (Å²) in [6.45, 7) is 7.07. The Morgan fingerprint density at radius 2 is 1.97 bits per heavy atom. The van der Waals surface area contributed by atoms with E-state index in [0.717, 1.165) is 0 Å². The molecule has 33 heavy (non-hydrogen) atoms. The second-order valence-corrected chi connectivity index (χ2v) is 7.27. The summed E-state index contributed by atoms with van der Waals surface area (Å²) >= 11 is 0. The van der Waals surface area contributed by atoms with Crippen LogP contribution in [0, 0.1) is 0 Å². The fourth-order valence-corrected chi connectivity index (χ4v) is 3.32. The Morgan fingerprint density at radius 3 is 2.61 bits per heavy atom. The van der Waals surface area contributed by atoms with Crippen molar-refractivity contribution >= 4 is 23.0 Å². The van der Waals surface area contributed by atoms with Crippen molar-refractivity contribution in [2.24, 2.45) is 0 Å². The van der Waals surface area contributed by atoms with Gasteiger partial charge in [0, 0.05) is 25.2 Å². The van der Waals surface area contributed by atoms with Gasteiger partial charge in [-0.3, -0.25) is 4.79 Å². The van der Waals surface area contributed by atoms with Gasteiger partial charge in [-0.1, -0.05) is 18.5 Å². The number of halogens is 3. The zero-order valence-corrected chi connectivity index (χ0v) is 19.1. The van der Waals surface area contributed by atoms with Crippen molar-refractivity contribution in [2.75, 3.05) is 32.8 Å². The first-order valence-electron chi connectivity index (χ1n) is 11.0. The first kappa shape index (κ1) is 26.3. The molecule has 1 aromatic carbocycles. The summed E-state index contributed by atoms with van der Waals surface area (Å²) in [7, 11) is 0. The van der Waals surface area contributed by atoms with Crippen LogP contribution in [0.3, 0.4) is 0 Å². The summed E-state index contributed by atoms with van der Waals surface area (Å²) in [5.74, 6) is 0.0689. The van der Waals surface area contributed by atoms with Crippen LogP contribution in [0.1, 0.15) is 51.3 Å². The van der Waals surface area contributed by atoms with Crippen LogP contribution in [-0.4, -0.2) is 54.9 Å². The van der Waals surface area contributed by atoms with E-state index in [9.17, 15) is 22.8 Å². The van der Waals surface area contributed by atoms with Crippen LogP contribution in [0.2, 0.25) is 0 Å². The number of urea groups is 1. The van der Waals surface area contributed by atoms with Gasteiger partial charge in [0.05, 0.1) is 25.0 Å². The van der Waals surface area contributed by atoms with Gasteiger partial charge >= 0.3 is 18.2 Å². The van der Waals surface area contributed by atoms with E-state index < -0.39 is 11.9 Å². The van der Waals surface area contributed by atoms with Crippen LogP contribution in [-0.2, 0) is 22.1 Å². The van der Waals surface area contributed by atoms with E-state index in [0.29, 0.717) is 50.3 Å². The number of aromatic nitrogens is 1. The highest BCUT2D eigenvalue weighted by Gasteiger charge is 2.37. The minimum atomic E-state index is -4.60. The molecule has 0 saturated heterocycles. The Morgan fingerprint density at radius 1 is 1.21 bits per heavy atom. The van der Waals surface area contributed by atoms with Gasteiger partial charge < -0.3 is 24.2 Å². The molecule has 2 amide bonds. The number of aryl methyl sites for hydroxylation is 1. The van der Waals surface area contributed by atoms with Crippen molar-refractivity contribution in [2.45, 2.75) is 52.6 Å². The zero-order chi connectivity index (χ0) is 24.4. The molecule has 0 atom stereocenters. The number of carbonyl (C=O) groups is 2. The lowest BCUT2D eigenvalue weighted by Crippen LogP contribution is -2.41. The molecular weight excluding hydrogens is 443 g/mol. The molecule has 0 bridgehead atoms. The van der Waals surface area contributed by atoms with Gasteiger partial charge in [-0.25, -0.2) is 4.79 Å². The van der Waals surface area contributed by atoms with Gasteiger partial charge in [-0.15, -0.1) is 0 Å². The molecular formula is C22H30F3N3O5. The second kappa shape index (κ2) is 12.3. The van der Waals surface area contributed by atoms with Crippen molar-refractivity contribution in [3.63, 3.8) is 0 Å². The van der Waals surface area contributed by atoms with Crippen LogP contribution in [0.4, 0.5) is 18.0 Å². The van der Waals surface area contributed by atoms with Crippen LogP contribution < -0.4 is 10.1 Å². The maximum atomic E-state index is 13.1. The van der Waals surface area contributed by atoms with E-state index in [1.165, 1.54) is 12.1 Å². The monoisotopic (exact) mass is 473 g/mol. The largest absolute Gasteiger partial charge is 0.493 e. The molecule has 0 unspecified atom stereocenters. The van der Waals surface area contributed by atoms with Gasteiger partial charge in [0.15, 0.2) is 11.3 Å². The lowest BCUT2D eigenvalue weighted by Gasteiger charge is -2.21. The molecule has 0 spiro atoms. The number of nitrogens with zero attached hydrogens (tertiary/aromatic N) is 2. The number of hydrogen-bond acceptors (Lipinski definition) is 6. The SMILES string of the molecule is CCCc1c(OCCCN(CC)C(=O)NCCC(=O)OCC)ccc2c(C(F)(F)F)noc12. The van der Waals surface area contributed by atoms with E-state index in [4.69, 9.17) is 14.0 Å². The fourth-order valence-electron chi connectivity index (χ4n) is 3.32. The number of hydrogen-bond donors (Lipinski definition) is 1. The number of fused-ring (bicyclic) bond motifs is 1. The number of carbonyl (C=O) groups excluding carboxylic acids is 2. The Balaban J connectivity index is 1.93. The standard InChI is InChI=1S/C22H30F3N3O5/c1-4-8-15-17(10-9-16-19(15)33-27-20(16)22(23,24)25)32-14-7-13-28(5-2)21(30)26-12-11-18(29)31-6-3/h9-10H,4-8,11-14H2,1-3H3,(H,26,30). The van der Waals surface area contributed by atoms with Gasteiger partial charge in [0.25, 0.3) is 0 Å². The summed E-state index contributed by atoms with van der Waals surface area (Å²) in [6.07, 6.45) is -2.83. The van der Waals surface area contributed by atoms with Crippen LogP contribution in [0.15, 0.2) is 16.7 Å². The van der Waals surface area contributed by atoms with Gasteiger partial charge in [0.1, 0.15) is 5.75 Å². The first-order chi connectivity index (χ1) is 15.7. The Hall–Kier alpha value is -2.98. The average Bonchev–Trinajstić information content (AvgIpc) is 3.20. The fraction of sp³-hybridized carbons (Fsp3) is 0.591. The van der Waals surface area contributed by atoms with Gasteiger partial charge in [0.2, 0.25) is 0 Å². The van der Waals surface area contributed by atoms with Crippen LogP contribution in [0.5, 0.6) is 5.75 Å². The summed E-state index contributed by atoms with van der Waals surface area (Å²) in [5, 5.41) is 5.80. The maximum absolute atomic E-state index is 13.1. The molecule has 1 aromatic heterocycles. The van der Waals surface area contributed by atoms with Crippen molar-refractivity contribution < 1.29 is 36.8 Å². The summed E-state index contributed by atoms with van der Waals surface area (Å²) in [4.78, 5) is 25.2. The third-order valence-electron chi connectivity index (χ3n) is 4.88. The maximum Gasteiger partial charge on any atom is 0.437 e. The Kier molecular flexibility index (Phi) is 9.80. The molecule has 8 nitrogen and oxygen atoms in total. The van der Waals surface area contributed by atoms with Crippen LogP contribution in [0.25, 0.3) is 11.0 Å². The average molecular weight is 473 g/mol. The molecule has 0 saturated carbocycles. The molecule has 0 aliphatic rings. The van der Waals surface area contributed by atoms with Crippen LogP contribution >= 0.6 is 0 Å². The molecule has 1 N–H and O–H groups in total. The van der Waals surface area contributed by atoms with E-state index in [1.807, 2.05) is 13.8 Å². The molecule has 0 aliphatic carbocycles. The summed E-state index contributed by atoms with van der Waals surface area (Å²) < 4.78 is 55.0. The van der Waals surface area contributed by atoms with Gasteiger partial charge in [-0.2, -0.15) is 13.2 Å². The number of ether oxygens (including phenoxy) is 2. The number of alkyl halides is 3. The number of amides is 2. The lowest BCUT2D eigenvalue weighted by molar-refractivity contribution is -0.143. The highest BCUT2D eigenvalue weighted by atomic mass is 19.4. The lowest BCUT2D eigenvalue weighted by atomic mass is 10.0. The van der Waals surface area contributed by atoms with E-state index >= 15 is 0 Å². The minimum Gasteiger partial charge on any atom is -0.493 e. The third-order valence-corrected chi connectivity index (χ3v) is 4.88. The van der Waals surface area contributed by atoms with Crippen molar-refractivity contribution in [3.8, 4) is 5.75 Å². The molecule has 184 valence electrons. The highest BCUT2D eigenvalue weighted by Crippen LogP contribution is 2.38. The molecule has 0 aliphatic heterocycles. The molecule has 11 heteroatoms. The number of nitrogens with one attached hydrogen (secondary N) is 1. The smallest absolute Gasteiger partial charge is 0.437 e. The van der Waals surface area contributed by atoms with E-state index in [-0.39, 0.29) is 42.5 Å². The first-order valence-corrected chi connectivity index (χ1v) is 11.0. The Labute approximate surface area is 190 Å². The van der Waals surface area contributed by atoms with E-state index in [2.05, 4.69) is 10.5 Å². The molecule has 1 heterocycles. The second-order valence-electron chi connectivity index (χ2n) is 7.27. The van der Waals surface area contributed by atoms with Crippen molar-refractivity contribution in [1.29, 1.82) is 0 Å². The van der Waals surface area contributed by atoms with E-state index in [1.54, 1.807) is 11.8 Å². The third kappa shape index (κ3) is 7.26. The Bertz CT molecular complexity index is 930. The number of benzene rings is 1. The number of esters is 1. The topological polar surface area (TPSA) is 93.9 Å². The minimum absolute atomic E-state index is 0.0813. The molecule has 2 aromatic rings. The molecule has 2 rings (SSSR count). The summed E-state index contributed by atoms with van der Waals surface area (Å²) in [6, 6.07) is 2.51. The van der Waals surface area contributed by atoms with Gasteiger partial charge in [-0.05, 0) is 38.8 Å². The predicted molar refractivity (Wildman–Crippen MR) is 115 cm³/mol.